The van der Waals surface area contributed by atoms with Crippen molar-refractivity contribution in [3.63, 3.8) is 0 Å². The Morgan fingerprint density at radius 3 is 2.08 bits per heavy atom. The molecule has 4 heteroatoms. The third kappa shape index (κ3) is 1.83. The summed E-state index contributed by atoms with van der Waals surface area (Å²) in [5, 5.41) is 3.03. The molecule has 70 valence electrons. The van der Waals surface area contributed by atoms with Crippen molar-refractivity contribution in [2.75, 3.05) is 6.54 Å². The highest BCUT2D eigenvalue weighted by molar-refractivity contribution is 5.29. The van der Waals surface area contributed by atoms with Gasteiger partial charge in [-0.05, 0) is 17.7 Å². The summed E-state index contributed by atoms with van der Waals surface area (Å²) in [4.78, 5) is 0. The summed E-state index contributed by atoms with van der Waals surface area (Å²) in [7, 11) is 0. The quantitative estimate of drug-likeness (QED) is 0.669. The van der Waals surface area contributed by atoms with E-state index in [2.05, 4.69) is 5.32 Å². The summed E-state index contributed by atoms with van der Waals surface area (Å²) >= 11 is 0. The highest BCUT2D eigenvalue weighted by Gasteiger charge is 2.31. The molecule has 1 heterocycles. The van der Waals surface area contributed by atoms with Crippen LogP contribution in [0, 0.1) is 0 Å². The Labute approximate surface area is 73.6 Å². The minimum atomic E-state index is -4.23. The average molecular weight is 187 g/mol. The number of halogens is 3. The van der Waals surface area contributed by atoms with Gasteiger partial charge in [-0.15, -0.1) is 0 Å². The first-order valence-corrected chi connectivity index (χ1v) is 3.98. The van der Waals surface area contributed by atoms with Crippen molar-refractivity contribution in [2.45, 2.75) is 12.2 Å². The first-order valence-electron chi connectivity index (χ1n) is 3.98. The summed E-state index contributed by atoms with van der Waals surface area (Å²) in [5.74, 6) is 0. The van der Waals surface area contributed by atoms with Gasteiger partial charge in [-0.2, -0.15) is 13.2 Å². The van der Waals surface area contributed by atoms with Crippen LogP contribution < -0.4 is 5.32 Å². The molecule has 0 saturated carbocycles. The smallest absolute Gasteiger partial charge is 0.307 e. The lowest BCUT2D eigenvalue weighted by atomic mass is 10.1. The van der Waals surface area contributed by atoms with Crippen LogP contribution in [0.2, 0.25) is 0 Å². The van der Waals surface area contributed by atoms with E-state index in [1.165, 1.54) is 12.1 Å². The van der Waals surface area contributed by atoms with Crippen LogP contribution in [0.4, 0.5) is 13.2 Å². The maximum Gasteiger partial charge on any atom is 0.416 e. The van der Waals surface area contributed by atoms with E-state index in [1.807, 2.05) is 0 Å². The number of alkyl halides is 3. The van der Waals surface area contributed by atoms with Crippen molar-refractivity contribution in [2.24, 2.45) is 0 Å². The van der Waals surface area contributed by atoms with Crippen LogP contribution in [-0.4, -0.2) is 6.54 Å². The van der Waals surface area contributed by atoms with Crippen LogP contribution in [0.15, 0.2) is 24.3 Å². The molecule has 1 fully saturated rings. The summed E-state index contributed by atoms with van der Waals surface area (Å²) in [5.41, 5.74) is 0.338. The third-order valence-corrected chi connectivity index (χ3v) is 2.05. The molecule has 2 rings (SSSR count). The van der Waals surface area contributed by atoms with Crippen LogP contribution in [0.3, 0.4) is 0 Å². The molecule has 1 atom stereocenters. The summed E-state index contributed by atoms with van der Waals surface area (Å²) in [6.07, 6.45) is -4.23. The molecule has 1 saturated heterocycles. The predicted molar refractivity (Wildman–Crippen MR) is 42.2 cm³/mol. The lowest BCUT2D eigenvalue weighted by Crippen LogP contribution is -2.04. The van der Waals surface area contributed by atoms with E-state index in [-0.39, 0.29) is 6.04 Å². The SMILES string of the molecule is FC(F)(F)c1ccc([C@H]2CN2)cc1. The topological polar surface area (TPSA) is 21.9 Å². The van der Waals surface area contributed by atoms with Gasteiger partial charge in [-0.25, -0.2) is 0 Å². The first-order chi connectivity index (χ1) is 6.07. The third-order valence-electron chi connectivity index (χ3n) is 2.05. The zero-order chi connectivity index (χ0) is 9.47. The molecule has 1 nitrogen and oxygen atoms in total. The van der Waals surface area contributed by atoms with Crippen molar-refractivity contribution >= 4 is 0 Å². The lowest BCUT2D eigenvalue weighted by molar-refractivity contribution is -0.137. The second-order valence-corrected chi connectivity index (χ2v) is 3.08. The zero-order valence-electron chi connectivity index (χ0n) is 6.73. The van der Waals surface area contributed by atoms with E-state index < -0.39 is 11.7 Å². The largest absolute Gasteiger partial charge is 0.416 e. The van der Waals surface area contributed by atoms with Crippen molar-refractivity contribution in [1.82, 2.24) is 5.32 Å². The highest BCUT2D eigenvalue weighted by atomic mass is 19.4. The van der Waals surface area contributed by atoms with Gasteiger partial charge in [0.1, 0.15) is 0 Å². The van der Waals surface area contributed by atoms with E-state index in [0.29, 0.717) is 0 Å². The summed E-state index contributed by atoms with van der Waals surface area (Å²) in [6.45, 7) is 0.866. The van der Waals surface area contributed by atoms with Gasteiger partial charge < -0.3 is 5.32 Å². The van der Waals surface area contributed by atoms with Gasteiger partial charge in [0.15, 0.2) is 0 Å². The molecule has 0 spiro atoms. The molecule has 0 radical (unpaired) electrons. The molecule has 1 aromatic rings. The van der Waals surface area contributed by atoms with E-state index in [0.717, 1.165) is 24.2 Å². The number of benzene rings is 1. The van der Waals surface area contributed by atoms with Gasteiger partial charge in [0, 0.05) is 12.6 Å². The molecular weight excluding hydrogens is 179 g/mol. The Hall–Kier alpha value is -1.03. The Bertz CT molecular complexity index is 298. The van der Waals surface area contributed by atoms with Crippen molar-refractivity contribution in [1.29, 1.82) is 0 Å². The standard InChI is InChI=1S/C9H8F3N/c10-9(11,12)7-3-1-6(2-4-7)8-5-13-8/h1-4,8,13H,5H2/t8-/m1/s1. The fraction of sp³-hybridized carbons (Fsp3) is 0.333. The molecule has 0 amide bonds. The normalized spacial score (nSPS) is 21.6. The zero-order valence-corrected chi connectivity index (χ0v) is 6.73. The fourth-order valence-corrected chi connectivity index (χ4v) is 1.20. The molecule has 0 aliphatic carbocycles. The van der Waals surface area contributed by atoms with Gasteiger partial charge in [0.25, 0.3) is 0 Å². The Morgan fingerprint density at radius 2 is 1.69 bits per heavy atom. The van der Waals surface area contributed by atoms with Gasteiger partial charge in [0.05, 0.1) is 5.56 Å². The van der Waals surface area contributed by atoms with Crippen LogP contribution in [0.1, 0.15) is 17.2 Å². The van der Waals surface area contributed by atoms with Gasteiger partial charge in [-0.1, -0.05) is 12.1 Å². The Morgan fingerprint density at radius 1 is 1.15 bits per heavy atom. The predicted octanol–water partition coefficient (Wildman–Crippen LogP) is 2.35. The van der Waals surface area contributed by atoms with Gasteiger partial charge >= 0.3 is 6.18 Å². The molecule has 0 unspecified atom stereocenters. The van der Waals surface area contributed by atoms with Gasteiger partial charge in [0.2, 0.25) is 0 Å². The molecular formula is C9H8F3N. The molecule has 13 heavy (non-hydrogen) atoms. The number of nitrogens with one attached hydrogen (secondary N) is 1. The van der Waals surface area contributed by atoms with E-state index in [1.54, 1.807) is 0 Å². The number of hydrogen-bond donors (Lipinski definition) is 1. The first kappa shape index (κ1) is 8.56. The van der Waals surface area contributed by atoms with E-state index >= 15 is 0 Å². The minimum Gasteiger partial charge on any atom is -0.307 e. The highest BCUT2D eigenvalue weighted by Crippen LogP contribution is 2.30. The van der Waals surface area contributed by atoms with Gasteiger partial charge in [-0.3, -0.25) is 0 Å². The minimum absolute atomic E-state index is 0.266. The molecule has 0 bridgehead atoms. The van der Waals surface area contributed by atoms with Crippen LogP contribution in [-0.2, 0) is 6.18 Å². The lowest BCUT2D eigenvalue weighted by Gasteiger charge is -2.06. The summed E-state index contributed by atoms with van der Waals surface area (Å²) in [6, 6.07) is 5.55. The second kappa shape index (κ2) is 2.73. The maximum absolute atomic E-state index is 12.1. The Balaban J connectivity index is 2.22. The second-order valence-electron chi connectivity index (χ2n) is 3.08. The van der Waals surface area contributed by atoms with Crippen molar-refractivity contribution in [3.8, 4) is 0 Å². The molecule has 1 aliphatic heterocycles. The van der Waals surface area contributed by atoms with Crippen molar-refractivity contribution in [3.05, 3.63) is 35.4 Å². The van der Waals surface area contributed by atoms with Crippen LogP contribution in [0.25, 0.3) is 0 Å². The van der Waals surface area contributed by atoms with Crippen molar-refractivity contribution < 1.29 is 13.2 Å². The monoisotopic (exact) mass is 187 g/mol. The molecule has 1 N–H and O–H groups in total. The average Bonchev–Trinajstić information content (AvgIpc) is 2.85. The number of rotatable bonds is 1. The summed E-state index contributed by atoms with van der Waals surface area (Å²) < 4.78 is 36.4. The number of hydrogen-bond acceptors (Lipinski definition) is 1. The molecule has 1 aliphatic rings. The molecule has 0 aromatic heterocycles. The maximum atomic E-state index is 12.1. The van der Waals surface area contributed by atoms with E-state index in [4.69, 9.17) is 0 Å². The van der Waals surface area contributed by atoms with Crippen LogP contribution in [0.5, 0.6) is 0 Å². The van der Waals surface area contributed by atoms with E-state index in [9.17, 15) is 13.2 Å². The molecule has 1 aromatic carbocycles. The van der Waals surface area contributed by atoms with Crippen LogP contribution >= 0.6 is 0 Å². The Kier molecular flexibility index (Phi) is 1.80. The fourth-order valence-electron chi connectivity index (χ4n) is 1.20.